The molecule has 1 unspecified atom stereocenters. The van der Waals surface area contributed by atoms with Gasteiger partial charge in [0.2, 0.25) is 0 Å². The predicted octanol–water partition coefficient (Wildman–Crippen LogP) is 2.46. The van der Waals surface area contributed by atoms with Crippen LogP contribution in [0.2, 0.25) is 0 Å². The van der Waals surface area contributed by atoms with Crippen molar-refractivity contribution in [2.24, 2.45) is 5.41 Å². The average molecular weight is 347 g/mol. The van der Waals surface area contributed by atoms with E-state index in [1.165, 1.54) is 6.42 Å². The van der Waals surface area contributed by atoms with Gasteiger partial charge in [0.15, 0.2) is 0 Å². The molecule has 2 heterocycles. The first-order valence-corrected chi connectivity index (χ1v) is 9.13. The van der Waals surface area contributed by atoms with E-state index >= 15 is 0 Å². The first-order valence-electron chi connectivity index (χ1n) is 9.13. The van der Waals surface area contributed by atoms with Crippen molar-refractivity contribution in [3.05, 3.63) is 29.8 Å². The molecular weight excluding hydrogens is 318 g/mol. The zero-order valence-electron chi connectivity index (χ0n) is 15.1. The van der Waals surface area contributed by atoms with E-state index in [1.54, 1.807) is 7.11 Å². The number of likely N-dealkylation sites (tertiary alicyclic amines) is 1. The fourth-order valence-corrected chi connectivity index (χ4v) is 3.67. The number of benzene rings is 1. The summed E-state index contributed by atoms with van der Waals surface area (Å²) in [5.74, 6) is 0. The fraction of sp³-hybridized carbons (Fsp3) is 0.632. The Labute approximate surface area is 149 Å². The van der Waals surface area contributed by atoms with E-state index < -0.39 is 0 Å². The van der Waals surface area contributed by atoms with E-state index in [9.17, 15) is 4.79 Å². The van der Waals surface area contributed by atoms with Gasteiger partial charge in [-0.05, 0) is 37.0 Å². The topological polar surface area (TPSA) is 62.8 Å². The molecule has 1 aromatic carbocycles. The average Bonchev–Trinajstić information content (AvgIpc) is 3.05. The van der Waals surface area contributed by atoms with Crippen molar-refractivity contribution >= 4 is 11.7 Å². The van der Waals surface area contributed by atoms with Crippen LogP contribution in [0.15, 0.2) is 24.3 Å². The van der Waals surface area contributed by atoms with Crippen molar-refractivity contribution in [3.8, 4) is 0 Å². The molecule has 2 N–H and O–H groups in total. The van der Waals surface area contributed by atoms with Crippen LogP contribution in [0.5, 0.6) is 0 Å². The summed E-state index contributed by atoms with van der Waals surface area (Å²) in [6.45, 7) is 5.34. The lowest BCUT2D eigenvalue weighted by Crippen LogP contribution is -2.41. The van der Waals surface area contributed by atoms with Crippen molar-refractivity contribution in [2.45, 2.75) is 25.8 Å². The van der Waals surface area contributed by atoms with Crippen molar-refractivity contribution < 1.29 is 14.3 Å². The Hall–Kier alpha value is -1.79. The molecule has 2 aliphatic rings. The number of carbonyl (C=O) groups excluding carboxylic acids is 1. The second kappa shape index (κ2) is 8.54. The number of rotatable bonds is 6. The highest BCUT2D eigenvalue weighted by Gasteiger charge is 2.41. The van der Waals surface area contributed by atoms with E-state index in [0.29, 0.717) is 13.2 Å². The molecule has 1 spiro atoms. The van der Waals surface area contributed by atoms with Crippen LogP contribution in [0.4, 0.5) is 10.5 Å². The van der Waals surface area contributed by atoms with Gasteiger partial charge in [-0.3, -0.25) is 0 Å². The molecule has 25 heavy (non-hydrogen) atoms. The van der Waals surface area contributed by atoms with Gasteiger partial charge in [-0.15, -0.1) is 0 Å². The summed E-state index contributed by atoms with van der Waals surface area (Å²) in [7, 11) is 1.69. The first-order chi connectivity index (χ1) is 12.2. The van der Waals surface area contributed by atoms with Crippen LogP contribution in [-0.2, 0) is 16.0 Å². The zero-order valence-corrected chi connectivity index (χ0v) is 15.1. The molecule has 0 radical (unpaired) electrons. The smallest absolute Gasteiger partial charge is 0.317 e. The van der Waals surface area contributed by atoms with Gasteiger partial charge in [-0.25, -0.2) is 4.79 Å². The number of nitrogens with one attached hydrogen (secondary N) is 2. The van der Waals surface area contributed by atoms with Crippen molar-refractivity contribution in [2.75, 3.05) is 51.9 Å². The van der Waals surface area contributed by atoms with Crippen LogP contribution in [0.3, 0.4) is 0 Å². The van der Waals surface area contributed by atoms with Gasteiger partial charge in [0.05, 0.1) is 13.2 Å². The number of carbonyl (C=O) groups is 1. The molecular formula is C19H29N3O3. The van der Waals surface area contributed by atoms with Gasteiger partial charge in [0, 0.05) is 51.0 Å². The Morgan fingerprint density at radius 3 is 2.88 bits per heavy atom. The Morgan fingerprint density at radius 1 is 1.32 bits per heavy atom. The van der Waals surface area contributed by atoms with Gasteiger partial charge >= 0.3 is 6.03 Å². The number of amides is 2. The number of urea groups is 1. The lowest BCUT2D eigenvalue weighted by Gasteiger charge is -2.32. The van der Waals surface area contributed by atoms with Crippen LogP contribution in [-0.4, -0.2) is 57.5 Å². The minimum Gasteiger partial charge on any atom is -0.383 e. The molecule has 3 rings (SSSR count). The van der Waals surface area contributed by atoms with Crippen LogP contribution in [0, 0.1) is 5.41 Å². The SMILES string of the molecule is COCCNc1ccc(CNC(=O)N2CCC3(CCCOC3)C2)cc1. The highest BCUT2D eigenvalue weighted by molar-refractivity contribution is 5.74. The summed E-state index contributed by atoms with van der Waals surface area (Å²) in [4.78, 5) is 14.4. The van der Waals surface area contributed by atoms with Gasteiger partial charge in [-0.2, -0.15) is 0 Å². The van der Waals surface area contributed by atoms with Crippen LogP contribution in [0.25, 0.3) is 0 Å². The standard InChI is InChI=1S/C19H29N3O3/c1-24-12-9-20-17-5-3-16(4-6-17)13-21-18(23)22-10-8-19(14-22)7-2-11-25-15-19/h3-6,20H,2,7-15H2,1H3,(H,21,23). The number of nitrogens with zero attached hydrogens (tertiary/aromatic N) is 1. The molecule has 1 atom stereocenters. The lowest BCUT2D eigenvalue weighted by molar-refractivity contribution is -0.000438. The molecule has 1 aromatic rings. The molecule has 0 saturated carbocycles. The molecule has 2 aliphatic heterocycles. The summed E-state index contributed by atoms with van der Waals surface area (Å²) in [6.07, 6.45) is 3.34. The largest absolute Gasteiger partial charge is 0.383 e. The van der Waals surface area contributed by atoms with E-state index in [1.807, 2.05) is 29.2 Å². The second-order valence-electron chi connectivity index (χ2n) is 7.10. The number of anilines is 1. The predicted molar refractivity (Wildman–Crippen MR) is 97.7 cm³/mol. The van der Waals surface area contributed by atoms with Gasteiger partial charge in [0.1, 0.15) is 0 Å². The third-order valence-electron chi connectivity index (χ3n) is 5.16. The fourth-order valence-electron chi connectivity index (χ4n) is 3.67. The number of hydrogen-bond donors (Lipinski definition) is 2. The highest BCUT2D eigenvalue weighted by atomic mass is 16.5. The molecule has 2 saturated heterocycles. The molecule has 2 fully saturated rings. The van der Waals surface area contributed by atoms with Crippen molar-refractivity contribution in [1.82, 2.24) is 10.2 Å². The van der Waals surface area contributed by atoms with Crippen molar-refractivity contribution in [1.29, 1.82) is 0 Å². The number of methoxy groups -OCH3 is 1. The van der Waals surface area contributed by atoms with Gasteiger partial charge in [-0.1, -0.05) is 12.1 Å². The minimum absolute atomic E-state index is 0.0322. The Balaban J connectivity index is 1.43. The van der Waals surface area contributed by atoms with Crippen LogP contribution in [0.1, 0.15) is 24.8 Å². The van der Waals surface area contributed by atoms with Crippen LogP contribution >= 0.6 is 0 Å². The van der Waals surface area contributed by atoms with E-state index in [-0.39, 0.29) is 11.4 Å². The lowest BCUT2D eigenvalue weighted by atomic mass is 9.82. The maximum Gasteiger partial charge on any atom is 0.317 e. The van der Waals surface area contributed by atoms with E-state index in [4.69, 9.17) is 9.47 Å². The van der Waals surface area contributed by atoms with Crippen molar-refractivity contribution in [3.63, 3.8) is 0 Å². The maximum atomic E-state index is 12.4. The molecule has 2 amide bonds. The molecule has 0 bridgehead atoms. The first kappa shape index (κ1) is 18.0. The summed E-state index contributed by atoms with van der Waals surface area (Å²) in [5, 5.41) is 6.32. The molecule has 0 aliphatic carbocycles. The zero-order chi connectivity index (χ0) is 17.5. The number of hydrogen-bond acceptors (Lipinski definition) is 4. The Kier molecular flexibility index (Phi) is 6.15. The molecule has 138 valence electrons. The second-order valence-corrected chi connectivity index (χ2v) is 7.10. The normalized spacial score (nSPS) is 23.0. The summed E-state index contributed by atoms with van der Waals surface area (Å²) >= 11 is 0. The molecule has 0 aromatic heterocycles. The summed E-state index contributed by atoms with van der Waals surface area (Å²) in [6, 6.07) is 8.17. The van der Waals surface area contributed by atoms with Crippen LogP contribution < -0.4 is 10.6 Å². The quantitative estimate of drug-likeness (QED) is 0.776. The summed E-state index contributed by atoms with van der Waals surface area (Å²) in [5.41, 5.74) is 2.36. The Morgan fingerprint density at radius 2 is 2.16 bits per heavy atom. The van der Waals surface area contributed by atoms with E-state index in [0.717, 1.165) is 56.9 Å². The monoisotopic (exact) mass is 347 g/mol. The third kappa shape index (κ3) is 4.86. The number of ether oxygens (including phenoxy) is 2. The van der Waals surface area contributed by atoms with Gasteiger partial charge in [0.25, 0.3) is 0 Å². The Bertz CT molecular complexity index is 556. The van der Waals surface area contributed by atoms with Gasteiger partial charge < -0.3 is 25.0 Å². The summed E-state index contributed by atoms with van der Waals surface area (Å²) < 4.78 is 10.7. The maximum absolute atomic E-state index is 12.4. The van der Waals surface area contributed by atoms with E-state index in [2.05, 4.69) is 10.6 Å². The molecule has 6 heteroatoms. The third-order valence-corrected chi connectivity index (χ3v) is 5.16. The highest BCUT2D eigenvalue weighted by Crippen LogP contribution is 2.37. The molecule has 6 nitrogen and oxygen atoms in total. The minimum atomic E-state index is 0.0322.